The Morgan fingerprint density at radius 1 is 1.31 bits per heavy atom. The van der Waals surface area contributed by atoms with Crippen molar-refractivity contribution in [3.63, 3.8) is 0 Å². The van der Waals surface area contributed by atoms with Crippen LogP contribution in [0.5, 0.6) is 0 Å². The van der Waals surface area contributed by atoms with Crippen molar-refractivity contribution in [2.45, 2.75) is 38.1 Å². The monoisotopic (exact) mass is 376 g/mol. The molecule has 0 aliphatic carbocycles. The lowest BCUT2D eigenvalue weighted by Gasteiger charge is -2.22. The highest BCUT2D eigenvalue weighted by Gasteiger charge is 2.27. The second kappa shape index (κ2) is 7.20. The van der Waals surface area contributed by atoms with Gasteiger partial charge in [-0.25, -0.2) is 8.42 Å². The van der Waals surface area contributed by atoms with Gasteiger partial charge in [-0.1, -0.05) is 6.92 Å². The van der Waals surface area contributed by atoms with Crippen LogP contribution in [0.2, 0.25) is 0 Å². The smallest absolute Gasteiger partial charge is 0.243 e. The molecule has 26 heavy (non-hydrogen) atoms. The van der Waals surface area contributed by atoms with E-state index in [0.717, 1.165) is 17.7 Å². The molecule has 0 bridgehead atoms. The van der Waals surface area contributed by atoms with Gasteiger partial charge in [0.15, 0.2) is 0 Å². The van der Waals surface area contributed by atoms with E-state index in [1.165, 1.54) is 4.31 Å². The van der Waals surface area contributed by atoms with Gasteiger partial charge < -0.3 is 4.90 Å². The zero-order chi connectivity index (χ0) is 18.9. The summed E-state index contributed by atoms with van der Waals surface area (Å²) in [5, 5.41) is 4.10. The first-order chi connectivity index (χ1) is 12.3. The molecule has 1 fully saturated rings. The molecule has 2 aromatic rings. The third kappa shape index (κ3) is 3.52. The number of carbonyl (C=O) groups excluding carboxylic acids is 1. The van der Waals surface area contributed by atoms with Crippen molar-refractivity contribution in [2.24, 2.45) is 7.05 Å². The van der Waals surface area contributed by atoms with Crippen LogP contribution < -0.4 is 4.90 Å². The topological polar surface area (TPSA) is 75.5 Å². The van der Waals surface area contributed by atoms with E-state index in [1.807, 2.05) is 13.1 Å². The highest BCUT2D eigenvalue weighted by Crippen LogP contribution is 2.28. The number of nitrogens with zero attached hydrogens (tertiary/aromatic N) is 4. The number of anilines is 1. The fourth-order valence-corrected chi connectivity index (χ4v) is 4.92. The lowest BCUT2D eigenvalue weighted by atomic mass is 10.2. The summed E-state index contributed by atoms with van der Waals surface area (Å²) < 4.78 is 29.3. The number of aromatic nitrogens is 2. The maximum absolute atomic E-state index is 13.1. The van der Waals surface area contributed by atoms with Crippen molar-refractivity contribution in [3.8, 4) is 0 Å². The van der Waals surface area contributed by atoms with E-state index in [1.54, 1.807) is 47.9 Å². The molecule has 1 aliphatic rings. The Morgan fingerprint density at radius 3 is 2.62 bits per heavy atom. The van der Waals surface area contributed by atoms with Crippen molar-refractivity contribution in [1.29, 1.82) is 0 Å². The Balaban J connectivity index is 1.89. The summed E-state index contributed by atoms with van der Waals surface area (Å²) in [7, 11) is -1.83. The number of carbonyl (C=O) groups is 1. The van der Waals surface area contributed by atoms with Crippen LogP contribution in [-0.2, 0) is 28.4 Å². The zero-order valence-electron chi connectivity index (χ0n) is 15.3. The van der Waals surface area contributed by atoms with E-state index in [0.29, 0.717) is 25.1 Å². The van der Waals surface area contributed by atoms with Gasteiger partial charge >= 0.3 is 0 Å². The van der Waals surface area contributed by atoms with Crippen LogP contribution in [0, 0.1) is 6.92 Å². The van der Waals surface area contributed by atoms with E-state index in [-0.39, 0.29) is 17.3 Å². The summed E-state index contributed by atoms with van der Waals surface area (Å²) in [6.07, 6.45) is 4.88. The molecule has 3 rings (SSSR count). The number of aryl methyl sites for hydroxylation is 2. The average Bonchev–Trinajstić information content (AvgIpc) is 3.20. The van der Waals surface area contributed by atoms with E-state index < -0.39 is 10.0 Å². The minimum Gasteiger partial charge on any atom is -0.312 e. The SMILES string of the molecule is CCN(Cc1cnn(C)c1)S(=O)(=O)c1ccc(N2CCCC2=O)cc1C. The molecular formula is C18H24N4O3S. The molecule has 7 nitrogen and oxygen atoms in total. The van der Waals surface area contributed by atoms with Crippen LogP contribution in [0.15, 0.2) is 35.5 Å². The molecule has 0 radical (unpaired) electrons. The van der Waals surface area contributed by atoms with Crippen LogP contribution in [0.25, 0.3) is 0 Å². The molecule has 0 unspecified atom stereocenters. The molecular weight excluding hydrogens is 352 g/mol. The number of hydrogen-bond acceptors (Lipinski definition) is 4. The summed E-state index contributed by atoms with van der Waals surface area (Å²) in [6.45, 7) is 4.92. The molecule has 1 amide bonds. The summed E-state index contributed by atoms with van der Waals surface area (Å²) >= 11 is 0. The summed E-state index contributed by atoms with van der Waals surface area (Å²) in [4.78, 5) is 13.9. The van der Waals surface area contributed by atoms with Crippen molar-refractivity contribution in [1.82, 2.24) is 14.1 Å². The first kappa shape index (κ1) is 18.6. The first-order valence-electron chi connectivity index (χ1n) is 8.71. The van der Waals surface area contributed by atoms with Crippen LogP contribution >= 0.6 is 0 Å². The van der Waals surface area contributed by atoms with Gasteiger partial charge in [0.2, 0.25) is 15.9 Å². The number of rotatable bonds is 6. The van der Waals surface area contributed by atoms with Gasteiger partial charge in [0.25, 0.3) is 0 Å². The van der Waals surface area contributed by atoms with Crippen LogP contribution in [0.4, 0.5) is 5.69 Å². The number of sulfonamides is 1. The average molecular weight is 376 g/mol. The lowest BCUT2D eigenvalue weighted by Crippen LogP contribution is -2.31. The van der Waals surface area contributed by atoms with Gasteiger partial charge in [-0.3, -0.25) is 9.48 Å². The van der Waals surface area contributed by atoms with Gasteiger partial charge in [-0.15, -0.1) is 0 Å². The minimum atomic E-state index is -3.63. The second-order valence-electron chi connectivity index (χ2n) is 6.55. The Bertz CT molecular complexity index is 920. The fraction of sp³-hybridized carbons (Fsp3) is 0.444. The van der Waals surface area contributed by atoms with Crippen LogP contribution in [0.3, 0.4) is 0 Å². The molecule has 1 aromatic heterocycles. The summed E-state index contributed by atoms with van der Waals surface area (Å²) in [5.74, 6) is 0.0896. The Kier molecular flexibility index (Phi) is 5.15. The number of amides is 1. The van der Waals surface area contributed by atoms with E-state index in [4.69, 9.17) is 0 Å². The molecule has 0 N–H and O–H groups in total. The van der Waals surface area contributed by atoms with Gasteiger partial charge in [0.1, 0.15) is 0 Å². The van der Waals surface area contributed by atoms with E-state index >= 15 is 0 Å². The first-order valence-corrected chi connectivity index (χ1v) is 10.2. The molecule has 0 atom stereocenters. The lowest BCUT2D eigenvalue weighted by molar-refractivity contribution is -0.117. The Labute approximate surface area is 154 Å². The summed E-state index contributed by atoms with van der Waals surface area (Å²) in [5.41, 5.74) is 2.25. The molecule has 8 heteroatoms. The zero-order valence-corrected chi connectivity index (χ0v) is 16.2. The fourth-order valence-electron chi connectivity index (χ4n) is 3.28. The maximum atomic E-state index is 13.1. The molecule has 2 heterocycles. The highest BCUT2D eigenvalue weighted by molar-refractivity contribution is 7.89. The number of benzene rings is 1. The normalized spacial score (nSPS) is 15.2. The van der Waals surface area contributed by atoms with E-state index in [9.17, 15) is 13.2 Å². The largest absolute Gasteiger partial charge is 0.312 e. The molecule has 1 saturated heterocycles. The predicted octanol–water partition coefficient (Wildman–Crippen LogP) is 2.07. The quantitative estimate of drug-likeness (QED) is 0.773. The maximum Gasteiger partial charge on any atom is 0.243 e. The minimum absolute atomic E-state index is 0.0896. The predicted molar refractivity (Wildman–Crippen MR) is 99.2 cm³/mol. The molecule has 1 aromatic carbocycles. The van der Waals surface area contributed by atoms with Gasteiger partial charge in [0, 0.05) is 50.6 Å². The molecule has 1 aliphatic heterocycles. The van der Waals surface area contributed by atoms with Gasteiger partial charge in [-0.05, 0) is 37.1 Å². The van der Waals surface area contributed by atoms with Gasteiger partial charge in [-0.2, -0.15) is 9.40 Å². The third-order valence-electron chi connectivity index (χ3n) is 4.63. The van der Waals surface area contributed by atoms with Crippen molar-refractivity contribution in [2.75, 3.05) is 18.0 Å². The van der Waals surface area contributed by atoms with Crippen molar-refractivity contribution in [3.05, 3.63) is 41.7 Å². The second-order valence-corrected chi connectivity index (χ2v) is 8.46. The standard InChI is InChI=1S/C18H24N4O3S/c1-4-21(13-15-11-19-20(3)12-15)26(24,25)17-8-7-16(10-14(17)2)22-9-5-6-18(22)23/h7-8,10-12H,4-6,9,13H2,1-3H3. The molecule has 0 spiro atoms. The van der Waals surface area contributed by atoms with Crippen LogP contribution in [-0.4, -0.2) is 41.5 Å². The van der Waals surface area contributed by atoms with Crippen LogP contribution in [0.1, 0.15) is 30.9 Å². The Hall–Kier alpha value is -2.19. The third-order valence-corrected chi connectivity index (χ3v) is 6.71. The van der Waals surface area contributed by atoms with Crippen molar-refractivity contribution >= 4 is 21.6 Å². The highest BCUT2D eigenvalue weighted by atomic mass is 32.2. The Morgan fingerprint density at radius 2 is 2.08 bits per heavy atom. The molecule has 0 saturated carbocycles. The number of hydrogen-bond donors (Lipinski definition) is 0. The summed E-state index contributed by atoms with van der Waals surface area (Å²) in [6, 6.07) is 5.12. The molecule has 140 valence electrons. The van der Waals surface area contributed by atoms with Crippen molar-refractivity contribution < 1.29 is 13.2 Å². The van der Waals surface area contributed by atoms with E-state index in [2.05, 4.69) is 5.10 Å². The van der Waals surface area contributed by atoms with Gasteiger partial charge in [0.05, 0.1) is 11.1 Å².